The molecule has 1 unspecified atom stereocenters. The second-order valence-corrected chi connectivity index (χ2v) is 3.98. The smallest absolute Gasteiger partial charge is 0.177 e. The van der Waals surface area contributed by atoms with Gasteiger partial charge in [0.25, 0.3) is 0 Å². The van der Waals surface area contributed by atoms with Crippen LogP contribution in [0, 0.1) is 5.82 Å². The van der Waals surface area contributed by atoms with Crippen LogP contribution in [0.25, 0.3) is 0 Å². The number of ether oxygens (including phenoxy) is 2. The van der Waals surface area contributed by atoms with Crippen molar-refractivity contribution in [2.75, 3.05) is 14.2 Å². The van der Waals surface area contributed by atoms with Crippen LogP contribution in [0.5, 0.6) is 0 Å². The zero-order valence-electron chi connectivity index (χ0n) is 9.04. The molecule has 0 radical (unpaired) electrons. The third-order valence-corrected chi connectivity index (χ3v) is 2.85. The first-order valence-electron chi connectivity index (χ1n) is 4.61. The summed E-state index contributed by atoms with van der Waals surface area (Å²) in [7, 11) is 2.93. The average Bonchev–Trinajstić information content (AvgIpc) is 2.30. The SMILES string of the molecule is COC(OC)C(NN)c1cccc(Br)c1F. The van der Waals surface area contributed by atoms with E-state index in [0.29, 0.717) is 10.0 Å². The van der Waals surface area contributed by atoms with Gasteiger partial charge in [-0.3, -0.25) is 5.84 Å². The molecule has 0 fully saturated rings. The summed E-state index contributed by atoms with van der Waals surface area (Å²) in [4.78, 5) is 0. The topological polar surface area (TPSA) is 56.5 Å². The van der Waals surface area contributed by atoms with Crippen LogP contribution in [-0.2, 0) is 9.47 Å². The van der Waals surface area contributed by atoms with E-state index in [1.165, 1.54) is 14.2 Å². The summed E-state index contributed by atoms with van der Waals surface area (Å²) in [5, 5.41) is 0. The summed E-state index contributed by atoms with van der Waals surface area (Å²) in [5.74, 6) is 5.00. The van der Waals surface area contributed by atoms with Gasteiger partial charge in [-0.2, -0.15) is 0 Å². The van der Waals surface area contributed by atoms with Crippen molar-refractivity contribution in [1.82, 2.24) is 5.43 Å². The molecule has 3 N–H and O–H groups in total. The normalized spacial score (nSPS) is 13.1. The van der Waals surface area contributed by atoms with Crippen molar-refractivity contribution in [3.8, 4) is 0 Å². The third-order valence-electron chi connectivity index (χ3n) is 2.23. The maximum absolute atomic E-state index is 13.8. The van der Waals surface area contributed by atoms with E-state index >= 15 is 0 Å². The first-order chi connectivity index (χ1) is 7.65. The van der Waals surface area contributed by atoms with Crippen LogP contribution in [0.4, 0.5) is 4.39 Å². The van der Waals surface area contributed by atoms with Crippen LogP contribution in [0.2, 0.25) is 0 Å². The van der Waals surface area contributed by atoms with Crippen LogP contribution < -0.4 is 11.3 Å². The Bertz CT molecular complexity index is 348. The number of hydrogen-bond acceptors (Lipinski definition) is 4. The maximum atomic E-state index is 13.8. The van der Waals surface area contributed by atoms with Crippen molar-refractivity contribution in [3.05, 3.63) is 34.1 Å². The van der Waals surface area contributed by atoms with Crippen LogP contribution in [0.15, 0.2) is 22.7 Å². The van der Waals surface area contributed by atoms with Crippen molar-refractivity contribution in [2.24, 2.45) is 5.84 Å². The lowest BCUT2D eigenvalue weighted by Crippen LogP contribution is -2.39. The fourth-order valence-corrected chi connectivity index (χ4v) is 1.83. The fraction of sp³-hybridized carbons (Fsp3) is 0.400. The van der Waals surface area contributed by atoms with Gasteiger partial charge in [-0.25, -0.2) is 9.82 Å². The van der Waals surface area contributed by atoms with Gasteiger partial charge >= 0.3 is 0 Å². The molecule has 0 aliphatic heterocycles. The summed E-state index contributed by atoms with van der Waals surface area (Å²) in [5.41, 5.74) is 2.86. The predicted molar refractivity (Wildman–Crippen MR) is 62.0 cm³/mol. The van der Waals surface area contributed by atoms with E-state index in [0.717, 1.165) is 0 Å². The van der Waals surface area contributed by atoms with Crippen molar-refractivity contribution in [3.63, 3.8) is 0 Å². The number of nitrogens with one attached hydrogen (secondary N) is 1. The molecule has 0 saturated carbocycles. The van der Waals surface area contributed by atoms with Crippen molar-refractivity contribution < 1.29 is 13.9 Å². The van der Waals surface area contributed by atoms with Gasteiger partial charge < -0.3 is 9.47 Å². The zero-order valence-corrected chi connectivity index (χ0v) is 10.6. The molecule has 1 atom stereocenters. The lowest BCUT2D eigenvalue weighted by Gasteiger charge is -2.24. The summed E-state index contributed by atoms with van der Waals surface area (Å²) in [6, 6.07) is 4.37. The highest BCUT2D eigenvalue weighted by atomic mass is 79.9. The van der Waals surface area contributed by atoms with Gasteiger partial charge in [-0.15, -0.1) is 0 Å². The molecule has 0 bridgehead atoms. The molecule has 0 amide bonds. The number of hydrazine groups is 1. The summed E-state index contributed by atoms with van der Waals surface area (Å²) >= 11 is 3.11. The highest BCUT2D eigenvalue weighted by Gasteiger charge is 2.25. The molecular weight excluding hydrogens is 279 g/mol. The van der Waals surface area contributed by atoms with Crippen molar-refractivity contribution in [2.45, 2.75) is 12.3 Å². The lowest BCUT2D eigenvalue weighted by molar-refractivity contribution is -0.124. The molecule has 90 valence electrons. The molecule has 0 spiro atoms. The minimum absolute atomic E-state index is 0.371. The average molecular weight is 293 g/mol. The molecule has 0 aliphatic rings. The van der Waals surface area contributed by atoms with E-state index in [4.69, 9.17) is 15.3 Å². The second kappa shape index (κ2) is 6.27. The van der Waals surface area contributed by atoms with Gasteiger partial charge in [-0.1, -0.05) is 12.1 Å². The van der Waals surface area contributed by atoms with E-state index in [1.54, 1.807) is 18.2 Å². The Kier molecular flexibility index (Phi) is 5.30. The summed E-state index contributed by atoms with van der Waals surface area (Å²) in [6.45, 7) is 0. The molecule has 0 aromatic heterocycles. The van der Waals surface area contributed by atoms with Gasteiger partial charge in [-0.05, 0) is 22.0 Å². The van der Waals surface area contributed by atoms with Gasteiger partial charge in [0.05, 0.1) is 10.5 Å². The minimum atomic E-state index is -0.659. The fourth-order valence-electron chi connectivity index (χ4n) is 1.44. The first-order valence-corrected chi connectivity index (χ1v) is 5.40. The van der Waals surface area contributed by atoms with Crippen LogP contribution >= 0.6 is 15.9 Å². The molecule has 0 saturated heterocycles. The third kappa shape index (κ3) is 2.78. The number of hydrogen-bond donors (Lipinski definition) is 2. The van der Waals surface area contributed by atoms with Gasteiger partial charge in [0.2, 0.25) is 0 Å². The van der Waals surface area contributed by atoms with Crippen molar-refractivity contribution >= 4 is 15.9 Å². The molecule has 1 rings (SSSR count). The molecule has 1 aromatic rings. The quantitative estimate of drug-likeness (QED) is 0.493. The van der Waals surface area contributed by atoms with E-state index in [2.05, 4.69) is 21.4 Å². The van der Waals surface area contributed by atoms with Gasteiger partial charge in [0, 0.05) is 19.8 Å². The Balaban J connectivity index is 3.07. The Morgan fingerprint density at radius 2 is 2.00 bits per heavy atom. The molecule has 0 aliphatic carbocycles. The van der Waals surface area contributed by atoms with Crippen LogP contribution in [0.1, 0.15) is 11.6 Å². The summed E-state index contributed by atoms with van der Waals surface area (Å²) < 4.78 is 24.3. The Hall–Kier alpha value is -0.530. The van der Waals surface area contributed by atoms with Crippen LogP contribution in [0.3, 0.4) is 0 Å². The largest absolute Gasteiger partial charge is 0.354 e. The highest BCUT2D eigenvalue weighted by molar-refractivity contribution is 9.10. The molecule has 6 heteroatoms. The number of benzene rings is 1. The predicted octanol–water partition coefficient (Wildman–Crippen LogP) is 1.71. The molecular formula is C10H14BrFN2O2. The second-order valence-electron chi connectivity index (χ2n) is 3.13. The van der Waals surface area contributed by atoms with E-state index in [1.807, 2.05) is 0 Å². The highest BCUT2D eigenvalue weighted by Crippen LogP contribution is 2.26. The van der Waals surface area contributed by atoms with Gasteiger partial charge in [0.15, 0.2) is 6.29 Å². The number of nitrogens with two attached hydrogens (primary N) is 1. The Labute approximate surface area is 102 Å². The number of rotatable bonds is 5. The minimum Gasteiger partial charge on any atom is -0.354 e. The maximum Gasteiger partial charge on any atom is 0.177 e. The molecule has 16 heavy (non-hydrogen) atoms. The van der Waals surface area contributed by atoms with Crippen molar-refractivity contribution in [1.29, 1.82) is 0 Å². The molecule has 0 heterocycles. The van der Waals surface area contributed by atoms with E-state index < -0.39 is 12.3 Å². The zero-order chi connectivity index (χ0) is 12.1. The standard InChI is InChI=1S/C10H14BrFN2O2/c1-15-10(16-2)9(14-13)6-4-3-5-7(11)8(6)12/h3-5,9-10,14H,13H2,1-2H3. The first kappa shape index (κ1) is 13.5. The van der Waals surface area contributed by atoms with Gasteiger partial charge in [0.1, 0.15) is 5.82 Å². The van der Waals surface area contributed by atoms with E-state index in [-0.39, 0.29) is 5.82 Å². The molecule has 1 aromatic carbocycles. The number of halogens is 2. The van der Waals surface area contributed by atoms with E-state index in [9.17, 15) is 4.39 Å². The monoisotopic (exact) mass is 292 g/mol. The Morgan fingerprint density at radius 1 is 1.38 bits per heavy atom. The summed E-state index contributed by atoms with van der Waals surface area (Å²) in [6.07, 6.45) is -0.659. The Morgan fingerprint density at radius 3 is 2.50 bits per heavy atom. The molecule has 4 nitrogen and oxygen atoms in total. The number of methoxy groups -OCH3 is 2. The van der Waals surface area contributed by atoms with Crippen LogP contribution in [-0.4, -0.2) is 20.5 Å². The lowest BCUT2D eigenvalue weighted by atomic mass is 10.1.